The normalized spacial score (nSPS) is 12.9. The Bertz CT molecular complexity index is 375. The lowest BCUT2D eigenvalue weighted by Gasteiger charge is -2.20. The van der Waals surface area contributed by atoms with Crippen LogP contribution in [0.2, 0.25) is 0 Å². The fraction of sp³-hybridized carbons (Fsp3) is 0.625. The zero-order valence-corrected chi connectivity index (χ0v) is 12.7. The van der Waals surface area contributed by atoms with E-state index in [-0.39, 0.29) is 6.04 Å². The number of aryl methyl sites for hydroxylation is 1. The molecule has 108 valence electrons. The summed E-state index contributed by atoms with van der Waals surface area (Å²) in [4.78, 5) is 2.43. The van der Waals surface area contributed by atoms with Crippen LogP contribution in [0.3, 0.4) is 0 Å². The van der Waals surface area contributed by atoms with Crippen molar-refractivity contribution in [1.29, 1.82) is 0 Å². The average molecular weight is 264 g/mol. The van der Waals surface area contributed by atoms with Crippen molar-refractivity contribution in [1.82, 2.24) is 10.2 Å². The molecular formula is C16H28N2O. The van der Waals surface area contributed by atoms with E-state index in [9.17, 15) is 5.11 Å². The third-order valence-corrected chi connectivity index (χ3v) is 3.65. The Labute approximate surface area is 117 Å². The molecule has 0 amide bonds. The predicted molar refractivity (Wildman–Crippen MR) is 81.7 cm³/mol. The van der Waals surface area contributed by atoms with Gasteiger partial charge >= 0.3 is 0 Å². The van der Waals surface area contributed by atoms with Crippen LogP contribution in [0.25, 0.3) is 0 Å². The summed E-state index contributed by atoms with van der Waals surface area (Å²) in [7, 11) is 0. The molecule has 1 aromatic carbocycles. The summed E-state index contributed by atoms with van der Waals surface area (Å²) < 4.78 is 0. The standard InChI is InChI=1S/C16H28N2O/c1-5-18(6-2)11-7-10-17-14(4)15-12-13(3)8-9-16(15)19/h8-9,12,14,17,19H,5-7,10-11H2,1-4H3. The van der Waals surface area contributed by atoms with Crippen molar-refractivity contribution < 1.29 is 5.11 Å². The number of nitrogens with zero attached hydrogens (tertiary/aromatic N) is 1. The molecule has 0 aliphatic heterocycles. The molecule has 0 saturated heterocycles. The van der Waals surface area contributed by atoms with E-state index in [1.54, 1.807) is 6.07 Å². The van der Waals surface area contributed by atoms with Crippen LogP contribution < -0.4 is 5.32 Å². The first kappa shape index (κ1) is 16.0. The van der Waals surface area contributed by atoms with Gasteiger partial charge in [-0.2, -0.15) is 0 Å². The van der Waals surface area contributed by atoms with Gasteiger partial charge in [0.05, 0.1) is 0 Å². The van der Waals surface area contributed by atoms with Crippen LogP contribution in [-0.2, 0) is 0 Å². The fourth-order valence-electron chi connectivity index (χ4n) is 2.29. The Morgan fingerprint density at radius 3 is 2.58 bits per heavy atom. The van der Waals surface area contributed by atoms with Gasteiger partial charge in [0.15, 0.2) is 0 Å². The fourth-order valence-corrected chi connectivity index (χ4v) is 2.29. The van der Waals surface area contributed by atoms with Crippen molar-refractivity contribution in [3.8, 4) is 5.75 Å². The van der Waals surface area contributed by atoms with Crippen molar-refractivity contribution in [3.05, 3.63) is 29.3 Å². The van der Waals surface area contributed by atoms with Gasteiger partial charge in [0.2, 0.25) is 0 Å². The number of rotatable bonds is 8. The third-order valence-electron chi connectivity index (χ3n) is 3.65. The first-order chi connectivity index (χ1) is 9.08. The van der Waals surface area contributed by atoms with Crippen LogP contribution in [0.5, 0.6) is 5.75 Å². The molecule has 1 atom stereocenters. The molecule has 0 radical (unpaired) electrons. The predicted octanol–water partition coefficient (Wildman–Crippen LogP) is 3.08. The minimum atomic E-state index is 0.191. The number of hydrogen-bond acceptors (Lipinski definition) is 3. The lowest BCUT2D eigenvalue weighted by molar-refractivity contribution is 0.296. The van der Waals surface area contributed by atoms with Crippen LogP contribution in [-0.4, -0.2) is 36.2 Å². The van der Waals surface area contributed by atoms with Crippen LogP contribution in [0, 0.1) is 6.92 Å². The Morgan fingerprint density at radius 1 is 1.26 bits per heavy atom. The second-order valence-corrected chi connectivity index (χ2v) is 5.12. The van der Waals surface area contributed by atoms with Gasteiger partial charge in [-0.25, -0.2) is 0 Å². The van der Waals surface area contributed by atoms with Crippen molar-refractivity contribution in [2.75, 3.05) is 26.2 Å². The van der Waals surface area contributed by atoms with E-state index in [1.165, 1.54) is 5.56 Å². The molecule has 0 heterocycles. The maximum atomic E-state index is 9.88. The van der Waals surface area contributed by atoms with Gasteiger partial charge in [-0.1, -0.05) is 31.5 Å². The molecule has 0 aliphatic carbocycles. The Balaban J connectivity index is 2.39. The highest BCUT2D eigenvalue weighted by Crippen LogP contribution is 2.24. The summed E-state index contributed by atoms with van der Waals surface area (Å²) >= 11 is 0. The minimum absolute atomic E-state index is 0.191. The second-order valence-electron chi connectivity index (χ2n) is 5.12. The highest BCUT2D eigenvalue weighted by Gasteiger charge is 2.09. The van der Waals surface area contributed by atoms with E-state index in [0.717, 1.165) is 38.2 Å². The highest BCUT2D eigenvalue weighted by atomic mass is 16.3. The second kappa shape index (κ2) is 8.18. The van der Waals surface area contributed by atoms with E-state index in [4.69, 9.17) is 0 Å². The summed E-state index contributed by atoms with van der Waals surface area (Å²) in [5.41, 5.74) is 2.17. The molecule has 0 bridgehead atoms. The Morgan fingerprint density at radius 2 is 1.95 bits per heavy atom. The molecule has 0 aromatic heterocycles. The highest BCUT2D eigenvalue weighted by molar-refractivity contribution is 5.37. The molecule has 3 nitrogen and oxygen atoms in total. The number of benzene rings is 1. The molecule has 0 fully saturated rings. The van der Waals surface area contributed by atoms with Gasteiger partial charge in [0.1, 0.15) is 5.75 Å². The number of nitrogens with one attached hydrogen (secondary N) is 1. The van der Waals surface area contributed by atoms with E-state index in [2.05, 4.69) is 44.0 Å². The number of phenols is 1. The van der Waals surface area contributed by atoms with Gasteiger partial charge in [0, 0.05) is 11.6 Å². The number of phenolic OH excluding ortho intramolecular Hbond substituents is 1. The maximum Gasteiger partial charge on any atom is 0.120 e. The number of aromatic hydroxyl groups is 1. The maximum absolute atomic E-state index is 9.88. The van der Waals surface area contributed by atoms with Crippen molar-refractivity contribution in [2.45, 2.75) is 40.2 Å². The summed E-state index contributed by atoms with van der Waals surface area (Å²) in [5.74, 6) is 0.384. The molecule has 0 saturated carbocycles. The molecule has 1 unspecified atom stereocenters. The SMILES string of the molecule is CCN(CC)CCCNC(C)c1cc(C)ccc1O. The summed E-state index contributed by atoms with van der Waals surface area (Å²) in [6.07, 6.45) is 1.14. The van der Waals surface area contributed by atoms with E-state index in [0.29, 0.717) is 5.75 Å². The molecule has 0 aliphatic rings. The van der Waals surface area contributed by atoms with Crippen LogP contribution in [0.4, 0.5) is 0 Å². The quantitative estimate of drug-likeness (QED) is 0.708. The van der Waals surface area contributed by atoms with Crippen molar-refractivity contribution in [3.63, 3.8) is 0 Å². The zero-order valence-electron chi connectivity index (χ0n) is 12.7. The largest absolute Gasteiger partial charge is 0.508 e. The first-order valence-electron chi connectivity index (χ1n) is 7.33. The average Bonchev–Trinajstić information content (AvgIpc) is 2.41. The van der Waals surface area contributed by atoms with Crippen molar-refractivity contribution in [2.24, 2.45) is 0 Å². The van der Waals surface area contributed by atoms with E-state index in [1.807, 2.05) is 6.07 Å². The summed E-state index contributed by atoms with van der Waals surface area (Å²) in [6.45, 7) is 12.9. The Kier molecular flexibility index (Phi) is 6.89. The topological polar surface area (TPSA) is 35.5 Å². The first-order valence-corrected chi connectivity index (χ1v) is 7.33. The molecule has 1 rings (SSSR count). The van der Waals surface area contributed by atoms with Gasteiger partial charge in [-0.3, -0.25) is 0 Å². The van der Waals surface area contributed by atoms with Gasteiger partial charge in [-0.05, 0) is 52.5 Å². The molecule has 19 heavy (non-hydrogen) atoms. The lowest BCUT2D eigenvalue weighted by Crippen LogP contribution is -2.28. The van der Waals surface area contributed by atoms with Crippen molar-refractivity contribution >= 4 is 0 Å². The summed E-state index contributed by atoms with van der Waals surface area (Å²) in [5, 5.41) is 13.4. The zero-order chi connectivity index (χ0) is 14.3. The van der Waals surface area contributed by atoms with Crippen LogP contribution in [0.15, 0.2) is 18.2 Å². The van der Waals surface area contributed by atoms with Gasteiger partial charge in [0.25, 0.3) is 0 Å². The monoisotopic (exact) mass is 264 g/mol. The summed E-state index contributed by atoms with van der Waals surface area (Å²) in [6, 6.07) is 5.96. The molecular weight excluding hydrogens is 236 g/mol. The molecule has 1 aromatic rings. The van der Waals surface area contributed by atoms with E-state index >= 15 is 0 Å². The lowest BCUT2D eigenvalue weighted by atomic mass is 10.0. The Hall–Kier alpha value is -1.06. The van der Waals surface area contributed by atoms with Gasteiger partial charge < -0.3 is 15.3 Å². The third kappa shape index (κ3) is 5.21. The van der Waals surface area contributed by atoms with E-state index < -0.39 is 0 Å². The molecule has 2 N–H and O–H groups in total. The number of hydrogen-bond donors (Lipinski definition) is 2. The smallest absolute Gasteiger partial charge is 0.120 e. The molecule has 3 heteroatoms. The van der Waals surface area contributed by atoms with Gasteiger partial charge in [-0.15, -0.1) is 0 Å². The molecule has 0 spiro atoms. The van der Waals surface area contributed by atoms with Crippen LogP contribution in [0.1, 0.15) is 44.4 Å². The minimum Gasteiger partial charge on any atom is -0.508 e. The van der Waals surface area contributed by atoms with Crippen LogP contribution >= 0.6 is 0 Å².